The van der Waals surface area contributed by atoms with Crippen LogP contribution in [0.2, 0.25) is 0 Å². The molecule has 0 atom stereocenters. The number of rotatable bonds is 9. The molecule has 1 aromatic heterocycles. The van der Waals surface area contributed by atoms with E-state index in [0.29, 0.717) is 30.0 Å². The van der Waals surface area contributed by atoms with Crippen LogP contribution in [0.5, 0.6) is 5.75 Å². The second kappa shape index (κ2) is 11.0. The molecule has 0 unspecified atom stereocenters. The van der Waals surface area contributed by atoms with Crippen molar-refractivity contribution in [2.24, 2.45) is 0 Å². The smallest absolute Gasteiger partial charge is 0.257 e. The summed E-state index contributed by atoms with van der Waals surface area (Å²) in [5.41, 5.74) is 1.83. The fourth-order valence-corrected chi connectivity index (χ4v) is 3.32. The predicted octanol–water partition coefficient (Wildman–Crippen LogP) is 4.25. The van der Waals surface area contributed by atoms with Crippen molar-refractivity contribution in [2.45, 2.75) is 11.9 Å². The molecule has 3 rings (SSSR count). The van der Waals surface area contributed by atoms with Crippen molar-refractivity contribution in [3.63, 3.8) is 0 Å². The number of anilines is 1. The van der Waals surface area contributed by atoms with Gasteiger partial charge in [-0.3, -0.25) is 9.59 Å². The first-order chi connectivity index (χ1) is 14.7. The Morgan fingerprint density at radius 3 is 2.33 bits per heavy atom. The van der Waals surface area contributed by atoms with Gasteiger partial charge in [0, 0.05) is 29.7 Å². The Labute approximate surface area is 180 Å². The summed E-state index contributed by atoms with van der Waals surface area (Å²) < 4.78 is 5.37. The van der Waals surface area contributed by atoms with Gasteiger partial charge in [0.15, 0.2) is 0 Å². The lowest BCUT2D eigenvalue weighted by Gasteiger charge is -2.07. The zero-order valence-electron chi connectivity index (χ0n) is 16.6. The molecule has 0 aliphatic rings. The highest BCUT2D eigenvalue weighted by Gasteiger charge is 2.08. The van der Waals surface area contributed by atoms with Gasteiger partial charge in [-0.1, -0.05) is 18.2 Å². The number of para-hydroxylation sites is 1. The van der Waals surface area contributed by atoms with Crippen LogP contribution in [0.25, 0.3) is 0 Å². The first kappa shape index (κ1) is 21.4. The van der Waals surface area contributed by atoms with Crippen LogP contribution in [0.4, 0.5) is 5.69 Å². The molecule has 1 heterocycles. The number of nitrogens with zero attached hydrogens (tertiary/aromatic N) is 1. The Morgan fingerprint density at radius 1 is 0.933 bits per heavy atom. The highest BCUT2D eigenvalue weighted by molar-refractivity contribution is 7.99. The van der Waals surface area contributed by atoms with Gasteiger partial charge in [-0.05, 0) is 55.5 Å². The number of aromatic nitrogens is 1. The predicted molar refractivity (Wildman–Crippen MR) is 119 cm³/mol. The minimum absolute atomic E-state index is 0.125. The van der Waals surface area contributed by atoms with Gasteiger partial charge in [-0.15, -0.1) is 11.8 Å². The monoisotopic (exact) mass is 421 g/mol. The van der Waals surface area contributed by atoms with Crippen molar-refractivity contribution in [1.29, 1.82) is 0 Å². The molecule has 2 N–H and O–H groups in total. The second-order valence-corrected chi connectivity index (χ2v) is 7.38. The average molecular weight is 422 g/mol. The van der Waals surface area contributed by atoms with Crippen LogP contribution < -0.4 is 15.4 Å². The van der Waals surface area contributed by atoms with E-state index in [0.717, 1.165) is 16.5 Å². The number of pyridine rings is 1. The zero-order chi connectivity index (χ0) is 21.2. The topological polar surface area (TPSA) is 80.3 Å². The summed E-state index contributed by atoms with van der Waals surface area (Å²) in [7, 11) is 0. The summed E-state index contributed by atoms with van der Waals surface area (Å²) in [5, 5.41) is 6.51. The van der Waals surface area contributed by atoms with Gasteiger partial charge in [-0.25, -0.2) is 4.98 Å². The summed E-state index contributed by atoms with van der Waals surface area (Å²) in [6.45, 7) is 3.02. The molecular formula is C23H23N3O3S. The fraction of sp³-hybridized carbons (Fsp3) is 0.174. The van der Waals surface area contributed by atoms with E-state index in [1.807, 2.05) is 37.3 Å². The van der Waals surface area contributed by atoms with Gasteiger partial charge >= 0.3 is 0 Å². The first-order valence-corrected chi connectivity index (χ1v) is 10.6. The number of nitrogens with one attached hydrogen (secondary N) is 2. The molecule has 154 valence electrons. The number of ether oxygens (including phenoxy) is 1. The SMILES string of the molecule is CCOc1ccc(C(=O)NCCSc2ccc(C(=O)Nc3ccccc3)cn2)cc1. The van der Waals surface area contributed by atoms with E-state index < -0.39 is 0 Å². The van der Waals surface area contributed by atoms with E-state index in [4.69, 9.17) is 4.74 Å². The summed E-state index contributed by atoms with van der Waals surface area (Å²) in [6.07, 6.45) is 1.55. The number of amides is 2. The number of carbonyl (C=O) groups is 2. The minimum Gasteiger partial charge on any atom is -0.494 e. The van der Waals surface area contributed by atoms with Crippen molar-refractivity contribution in [3.8, 4) is 5.75 Å². The van der Waals surface area contributed by atoms with Gasteiger partial charge in [-0.2, -0.15) is 0 Å². The van der Waals surface area contributed by atoms with Gasteiger partial charge < -0.3 is 15.4 Å². The Hall–Kier alpha value is -3.32. The highest BCUT2D eigenvalue weighted by Crippen LogP contribution is 2.16. The lowest BCUT2D eigenvalue weighted by atomic mass is 10.2. The normalized spacial score (nSPS) is 10.3. The average Bonchev–Trinajstić information content (AvgIpc) is 2.78. The van der Waals surface area contributed by atoms with E-state index in [2.05, 4.69) is 15.6 Å². The largest absolute Gasteiger partial charge is 0.494 e. The van der Waals surface area contributed by atoms with Crippen LogP contribution in [0.15, 0.2) is 78.0 Å². The van der Waals surface area contributed by atoms with E-state index in [9.17, 15) is 9.59 Å². The number of hydrogen-bond acceptors (Lipinski definition) is 5. The van der Waals surface area contributed by atoms with Crippen molar-refractivity contribution < 1.29 is 14.3 Å². The Balaban J connectivity index is 1.41. The lowest BCUT2D eigenvalue weighted by Crippen LogP contribution is -2.25. The van der Waals surface area contributed by atoms with Crippen LogP contribution in [0.3, 0.4) is 0 Å². The summed E-state index contributed by atoms with van der Waals surface area (Å²) >= 11 is 1.51. The third-order valence-corrected chi connectivity index (χ3v) is 5.04. The molecule has 0 bridgehead atoms. The lowest BCUT2D eigenvalue weighted by molar-refractivity contribution is 0.0955. The molecule has 3 aromatic rings. The molecular weight excluding hydrogens is 398 g/mol. The van der Waals surface area contributed by atoms with E-state index in [-0.39, 0.29) is 11.8 Å². The molecule has 7 heteroatoms. The molecule has 0 aliphatic heterocycles. The molecule has 30 heavy (non-hydrogen) atoms. The number of benzene rings is 2. The van der Waals surface area contributed by atoms with Crippen molar-refractivity contribution in [1.82, 2.24) is 10.3 Å². The standard InChI is InChI=1S/C23H23N3O3S/c1-2-29-20-11-8-17(9-12-20)22(27)24-14-15-30-21-13-10-18(16-25-21)23(28)26-19-6-4-3-5-7-19/h3-13,16H,2,14-15H2,1H3,(H,24,27)(H,26,28). The second-order valence-electron chi connectivity index (χ2n) is 6.27. The van der Waals surface area contributed by atoms with E-state index in [1.54, 1.807) is 42.6 Å². The Morgan fingerprint density at radius 2 is 1.67 bits per heavy atom. The maximum atomic E-state index is 12.2. The van der Waals surface area contributed by atoms with Gasteiger partial charge in [0.25, 0.3) is 11.8 Å². The van der Waals surface area contributed by atoms with Gasteiger partial charge in [0.05, 0.1) is 17.2 Å². The highest BCUT2D eigenvalue weighted by atomic mass is 32.2. The summed E-state index contributed by atoms with van der Waals surface area (Å²) in [5.74, 6) is 1.09. The van der Waals surface area contributed by atoms with Crippen LogP contribution in [0, 0.1) is 0 Å². The Kier molecular flexibility index (Phi) is 7.86. The maximum absolute atomic E-state index is 12.2. The molecule has 2 amide bonds. The fourth-order valence-electron chi connectivity index (χ4n) is 2.62. The molecule has 0 saturated heterocycles. The van der Waals surface area contributed by atoms with E-state index in [1.165, 1.54) is 11.8 Å². The van der Waals surface area contributed by atoms with Crippen molar-refractivity contribution in [3.05, 3.63) is 84.1 Å². The van der Waals surface area contributed by atoms with Crippen molar-refractivity contribution >= 4 is 29.3 Å². The maximum Gasteiger partial charge on any atom is 0.257 e. The van der Waals surface area contributed by atoms with Gasteiger partial charge in [0.2, 0.25) is 0 Å². The quantitative estimate of drug-likeness (QED) is 0.399. The third kappa shape index (κ3) is 6.35. The zero-order valence-corrected chi connectivity index (χ0v) is 17.4. The van der Waals surface area contributed by atoms with Gasteiger partial charge in [0.1, 0.15) is 5.75 Å². The molecule has 6 nitrogen and oxygen atoms in total. The Bertz CT molecular complexity index is 961. The van der Waals surface area contributed by atoms with Crippen LogP contribution in [0.1, 0.15) is 27.6 Å². The molecule has 0 spiro atoms. The number of hydrogen-bond donors (Lipinski definition) is 2. The van der Waals surface area contributed by atoms with Crippen LogP contribution in [-0.4, -0.2) is 35.7 Å². The first-order valence-electron chi connectivity index (χ1n) is 9.62. The minimum atomic E-state index is -0.201. The van der Waals surface area contributed by atoms with Crippen LogP contribution in [-0.2, 0) is 0 Å². The molecule has 2 aromatic carbocycles. The number of carbonyl (C=O) groups excluding carboxylic acids is 2. The molecule has 0 aliphatic carbocycles. The molecule has 0 fully saturated rings. The third-order valence-electron chi connectivity index (χ3n) is 4.10. The van der Waals surface area contributed by atoms with E-state index >= 15 is 0 Å². The van der Waals surface area contributed by atoms with Crippen molar-refractivity contribution in [2.75, 3.05) is 24.2 Å². The molecule has 0 saturated carbocycles. The van der Waals surface area contributed by atoms with Crippen LogP contribution >= 0.6 is 11.8 Å². The summed E-state index contributed by atoms with van der Waals surface area (Å²) in [6, 6.07) is 19.9. The number of thioether (sulfide) groups is 1. The summed E-state index contributed by atoms with van der Waals surface area (Å²) in [4.78, 5) is 28.7. The molecule has 0 radical (unpaired) electrons.